The SMILES string of the molecule is O=C(Nc1ccc(Cl)c(O)c1)c1ccc(Cl)cc1F. The Kier molecular flexibility index (Phi) is 3.93. The van der Waals surface area contributed by atoms with Crippen LogP contribution in [0.15, 0.2) is 36.4 Å². The fourth-order valence-corrected chi connectivity index (χ4v) is 1.74. The number of phenolic OH excluding ortho intramolecular Hbond substituents is 1. The highest BCUT2D eigenvalue weighted by molar-refractivity contribution is 6.32. The van der Waals surface area contributed by atoms with Crippen LogP contribution < -0.4 is 5.32 Å². The third-order valence-corrected chi connectivity index (χ3v) is 2.93. The van der Waals surface area contributed by atoms with E-state index in [1.165, 1.54) is 30.3 Å². The van der Waals surface area contributed by atoms with Crippen LogP contribution in [0.5, 0.6) is 5.75 Å². The lowest BCUT2D eigenvalue weighted by molar-refractivity contribution is 0.102. The number of phenols is 1. The fraction of sp³-hybridized carbons (Fsp3) is 0. The van der Waals surface area contributed by atoms with Gasteiger partial charge in [0.1, 0.15) is 11.6 Å². The van der Waals surface area contributed by atoms with Crippen molar-refractivity contribution in [2.45, 2.75) is 0 Å². The molecule has 2 aromatic rings. The lowest BCUT2D eigenvalue weighted by atomic mass is 10.2. The van der Waals surface area contributed by atoms with Gasteiger partial charge in [-0.25, -0.2) is 4.39 Å². The number of nitrogens with one attached hydrogen (secondary N) is 1. The van der Waals surface area contributed by atoms with Gasteiger partial charge in [0.05, 0.1) is 10.6 Å². The number of amides is 1. The molecule has 0 fully saturated rings. The lowest BCUT2D eigenvalue weighted by Crippen LogP contribution is -2.13. The Morgan fingerprint density at radius 1 is 1.16 bits per heavy atom. The molecule has 2 rings (SSSR count). The fourth-order valence-electron chi connectivity index (χ4n) is 1.46. The largest absolute Gasteiger partial charge is 0.506 e. The lowest BCUT2D eigenvalue weighted by Gasteiger charge is -2.07. The number of carbonyl (C=O) groups is 1. The third-order valence-electron chi connectivity index (χ3n) is 2.38. The van der Waals surface area contributed by atoms with E-state index in [1.807, 2.05) is 0 Å². The molecule has 0 unspecified atom stereocenters. The van der Waals surface area contributed by atoms with Crippen LogP contribution >= 0.6 is 23.2 Å². The quantitative estimate of drug-likeness (QED) is 0.877. The average molecular weight is 300 g/mol. The van der Waals surface area contributed by atoms with Gasteiger partial charge >= 0.3 is 0 Å². The zero-order chi connectivity index (χ0) is 14.0. The summed E-state index contributed by atoms with van der Waals surface area (Å²) in [4.78, 5) is 11.8. The Bertz CT molecular complexity index is 647. The summed E-state index contributed by atoms with van der Waals surface area (Å²) in [5.74, 6) is -1.53. The van der Waals surface area contributed by atoms with Crippen molar-refractivity contribution in [1.82, 2.24) is 0 Å². The second-order valence-corrected chi connectivity index (χ2v) is 4.59. The molecule has 2 N–H and O–H groups in total. The number of aromatic hydroxyl groups is 1. The number of halogens is 3. The topological polar surface area (TPSA) is 49.3 Å². The van der Waals surface area contributed by atoms with E-state index in [2.05, 4.69) is 5.32 Å². The minimum atomic E-state index is -0.719. The normalized spacial score (nSPS) is 10.3. The highest BCUT2D eigenvalue weighted by Crippen LogP contribution is 2.26. The van der Waals surface area contributed by atoms with Crippen molar-refractivity contribution in [3.05, 3.63) is 57.8 Å². The Morgan fingerprint density at radius 3 is 2.53 bits per heavy atom. The zero-order valence-electron chi connectivity index (χ0n) is 9.45. The number of carbonyl (C=O) groups excluding carboxylic acids is 1. The van der Waals surface area contributed by atoms with Gasteiger partial charge in [0, 0.05) is 16.8 Å². The molecule has 0 radical (unpaired) electrons. The molecule has 0 saturated heterocycles. The predicted octanol–water partition coefficient (Wildman–Crippen LogP) is 4.09. The molecule has 3 nitrogen and oxygen atoms in total. The molecule has 0 bridgehead atoms. The monoisotopic (exact) mass is 299 g/mol. The average Bonchev–Trinajstić information content (AvgIpc) is 2.33. The van der Waals surface area contributed by atoms with Gasteiger partial charge in [-0.1, -0.05) is 23.2 Å². The molecule has 0 atom stereocenters. The van der Waals surface area contributed by atoms with Crippen LogP contribution in [0.4, 0.5) is 10.1 Å². The first-order chi connectivity index (χ1) is 8.97. The first-order valence-electron chi connectivity index (χ1n) is 5.22. The Morgan fingerprint density at radius 2 is 1.89 bits per heavy atom. The minimum absolute atomic E-state index is 0.140. The summed E-state index contributed by atoms with van der Waals surface area (Å²) >= 11 is 11.2. The highest BCUT2D eigenvalue weighted by atomic mass is 35.5. The maximum Gasteiger partial charge on any atom is 0.258 e. The number of benzene rings is 2. The molecule has 1 amide bonds. The molecule has 0 aliphatic rings. The van der Waals surface area contributed by atoms with Crippen LogP contribution in [0.1, 0.15) is 10.4 Å². The van der Waals surface area contributed by atoms with Crippen molar-refractivity contribution in [2.24, 2.45) is 0 Å². The van der Waals surface area contributed by atoms with Gasteiger partial charge in [0.25, 0.3) is 5.91 Å². The Labute approximate surface area is 118 Å². The molecule has 2 aromatic carbocycles. The van der Waals surface area contributed by atoms with E-state index >= 15 is 0 Å². The summed E-state index contributed by atoms with van der Waals surface area (Å²) in [5, 5.41) is 12.2. The molecule has 0 aliphatic carbocycles. The standard InChI is InChI=1S/C13H8Cl2FNO2/c14-7-1-3-9(11(16)5-7)13(19)17-8-2-4-10(15)12(18)6-8/h1-6,18H,(H,17,19). The summed E-state index contributed by atoms with van der Waals surface area (Å²) in [6.07, 6.45) is 0. The van der Waals surface area contributed by atoms with Gasteiger partial charge in [-0.3, -0.25) is 4.79 Å². The molecule has 98 valence electrons. The van der Waals surface area contributed by atoms with Crippen molar-refractivity contribution in [1.29, 1.82) is 0 Å². The number of hydrogen-bond donors (Lipinski definition) is 2. The molecule has 0 spiro atoms. The van der Waals surface area contributed by atoms with Gasteiger partial charge in [0.2, 0.25) is 0 Å². The van der Waals surface area contributed by atoms with Gasteiger partial charge in [-0.2, -0.15) is 0 Å². The van der Waals surface area contributed by atoms with Crippen LogP contribution in [-0.2, 0) is 0 Å². The van der Waals surface area contributed by atoms with E-state index in [0.29, 0.717) is 5.69 Å². The highest BCUT2D eigenvalue weighted by Gasteiger charge is 2.12. The van der Waals surface area contributed by atoms with Gasteiger partial charge in [-0.05, 0) is 30.3 Å². The smallest absolute Gasteiger partial charge is 0.258 e. The second-order valence-electron chi connectivity index (χ2n) is 3.74. The van der Waals surface area contributed by atoms with Crippen LogP contribution in [0.3, 0.4) is 0 Å². The molecule has 0 saturated carbocycles. The summed E-state index contributed by atoms with van der Waals surface area (Å²) in [6.45, 7) is 0. The molecule has 19 heavy (non-hydrogen) atoms. The molecular formula is C13H8Cl2FNO2. The van der Waals surface area contributed by atoms with E-state index in [1.54, 1.807) is 0 Å². The summed E-state index contributed by atoms with van der Waals surface area (Å²) in [5.41, 5.74) is 0.167. The summed E-state index contributed by atoms with van der Waals surface area (Å²) in [7, 11) is 0. The van der Waals surface area contributed by atoms with Gasteiger partial charge in [-0.15, -0.1) is 0 Å². The Balaban J connectivity index is 2.23. The first kappa shape index (κ1) is 13.6. The van der Waals surface area contributed by atoms with Crippen LogP contribution in [0.25, 0.3) is 0 Å². The number of anilines is 1. The second kappa shape index (κ2) is 5.47. The maximum atomic E-state index is 13.5. The maximum absolute atomic E-state index is 13.5. The van der Waals surface area contributed by atoms with Gasteiger partial charge in [0.15, 0.2) is 0 Å². The first-order valence-corrected chi connectivity index (χ1v) is 5.98. The Hall–Kier alpha value is -1.78. The molecule has 0 heterocycles. The van der Waals surface area contributed by atoms with E-state index in [0.717, 1.165) is 6.07 Å². The van der Waals surface area contributed by atoms with Crippen LogP contribution in [0.2, 0.25) is 10.0 Å². The van der Waals surface area contributed by atoms with Crippen molar-refractivity contribution >= 4 is 34.8 Å². The number of hydrogen-bond acceptors (Lipinski definition) is 2. The molecular weight excluding hydrogens is 292 g/mol. The van der Waals surface area contributed by atoms with Crippen molar-refractivity contribution < 1.29 is 14.3 Å². The van der Waals surface area contributed by atoms with Crippen molar-refractivity contribution in [3.8, 4) is 5.75 Å². The zero-order valence-corrected chi connectivity index (χ0v) is 11.0. The van der Waals surface area contributed by atoms with Crippen molar-refractivity contribution in [3.63, 3.8) is 0 Å². The van der Waals surface area contributed by atoms with Crippen LogP contribution in [-0.4, -0.2) is 11.0 Å². The van der Waals surface area contributed by atoms with E-state index in [-0.39, 0.29) is 21.4 Å². The summed E-state index contributed by atoms with van der Waals surface area (Å²) in [6, 6.07) is 7.93. The van der Waals surface area contributed by atoms with E-state index in [9.17, 15) is 14.3 Å². The van der Waals surface area contributed by atoms with Crippen molar-refractivity contribution in [2.75, 3.05) is 5.32 Å². The molecule has 6 heteroatoms. The van der Waals surface area contributed by atoms with Gasteiger partial charge < -0.3 is 10.4 Å². The van der Waals surface area contributed by atoms with E-state index in [4.69, 9.17) is 23.2 Å². The third kappa shape index (κ3) is 3.16. The minimum Gasteiger partial charge on any atom is -0.506 e. The van der Waals surface area contributed by atoms with E-state index < -0.39 is 11.7 Å². The van der Waals surface area contributed by atoms with Crippen LogP contribution in [0, 0.1) is 5.82 Å². The molecule has 0 aliphatic heterocycles. The summed E-state index contributed by atoms with van der Waals surface area (Å²) < 4.78 is 13.5. The molecule has 0 aromatic heterocycles. The number of rotatable bonds is 2. The predicted molar refractivity (Wildman–Crippen MR) is 72.5 cm³/mol.